The van der Waals surface area contributed by atoms with E-state index < -0.39 is 5.92 Å². The van der Waals surface area contributed by atoms with Gasteiger partial charge in [-0.25, -0.2) is 0 Å². The van der Waals surface area contributed by atoms with Gasteiger partial charge in [0.1, 0.15) is 5.92 Å². The minimum Gasteiger partial charge on any atom is -0.465 e. The molecule has 1 N–H and O–H groups in total. The third-order valence-electron chi connectivity index (χ3n) is 6.11. The SMILES string of the molecule is CCOC(=O)C(C#N)CC1C[C@@H]2c3cccc4[nH]cc(c34)C[C@H]2N(C)C1. The van der Waals surface area contributed by atoms with Crippen molar-refractivity contribution >= 4 is 16.9 Å². The third kappa shape index (κ3) is 2.79. The molecule has 0 amide bonds. The first-order chi connectivity index (χ1) is 12.6. The van der Waals surface area contributed by atoms with Crippen LogP contribution < -0.4 is 0 Å². The summed E-state index contributed by atoms with van der Waals surface area (Å²) in [6.07, 6.45) is 4.82. The highest BCUT2D eigenvalue weighted by molar-refractivity contribution is 5.88. The molecule has 4 atom stereocenters. The van der Waals surface area contributed by atoms with E-state index in [1.165, 1.54) is 22.0 Å². The predicted molar refractivity (Wildman–Crippen MR) is 99.6 cm³/mol. The summed E-state index contributed by atoms with van der Waals surface area (Å²) in [6, 6.07) is 9.16. The van der Waals surface area contributed by atoms with Crippen LogP contribution in [0.4, 0.5) is 0 Å². The number of rotatable bonds is 4. The Bertz CT molecular complexity index is 866. The highest BCUT2D eigenvalue weighted by atomic mass is 16.5. The number of carbonyl (C=O) groups excluding carboxylic acids is 1. The maximum absolute atomic E-state index is 12.0. The molecule has 26 heavy (non-hydrogen) atoms. The number of benzene rings is 1. The summed E-state index contributed by atoms with van der Waals surface area (Å²) >= 11 is 0. The molecule has 0 bridgehead atoms. The fraction of sp³-hybridized carbons (Fsp3) is 0.524. The second-order valence-corrected chi connectivity index (χ2v) is 7.67. The molecule has 136 valence electrons. The monoisotopic (exact) mass is 351 g/mol. The molecular formula is C21H25N3O2. The molecule has 1 aliphatic carbocycles. The Morgan fingerprint density at radius 2 is 2.35 bits per heavy atom. The van der Waals surface area contributed by atoms with Crippen LogP contribution in [-0.2, 0) is 16.0 Å². The summed E-state index contributed by atoms with van der Waals surface area (Å²) in [5.41, 5.74) is 4.03. The van der Waals surface area contributed by atoms with Gasteiger partial charge in [0.15, 0.2) is 0 Å². The molecule has 2 aliphatic rings. The van der Waals surface area contributed by atoms with Gasteiger partial charge in [-0.15, -0.1) is 0 Å². The Kier molecular flexibility index (Phi) is 4.46. The topological polar surface area (TPSA) is 69.1 Å². The summed E-state index contributed by atoms with van der Waals surface area (Å²) in [6.45, 7) is 3.03. The second kappa shape index (κ2) is 6.77. The molecule has 1 fully saturated rings. The molecule has 2 heterocycles. The van der Waals surface area contributed by atoms with Crippen molar-refractivity contribution in [2.45, 2.75) is 38.1 Å². The van der Waals surface area contributed by atoms with Crippen LogP contribution in [-0.4, -0.2) is 42.1 Å². The fourth-order valence-corrected chi connectivity index (χ4v) is 5.00. The first kappa shape index (κ1) is 17.1. The van der Waals surface area contributed by atoms with E-state index >= 15 is 0 Å². The maximum Gasteiger partial charge on any atom is 0.323 e. The summed E-state index contributed by atoms with van der Waals surface area (Å²) in [7, 11) is 2.17. The number of H-pyrrole nitrogens is 1. The van der Waals surface area contributed by atoms with Gasteiger partial charge < -0.3 is 14.6 Å². The number of aromatic amines is 1. The predicted octanol–water partition coefficient (Wildman–Crippen LogP) is 3.22. The van der Waals surface area contributed by atoms with E-state index in [2.05, 4.69) is 47.4 Å². The van der Waals surface area contributed by atoms with Crippen molar-refractivity contribution in [3.05, 3.63) is 35.5 Å². The number of aromatic nitrogens is 1. The van der Waals surface area contributed by atoms with Gasteiger partial charge in [-0.3, -0.25) is 4.79 Å². The molecule has 5 heteroatoms. The van der Waals surface area contributed by atoms with Gasteiger partial charge in [0.25, 0.3) is 0 Å². The minimum atomic E-state index is -0.660. The minimum absolute atomic E-state index is 0.324. The van der Waals surface area contributed by atoms with Crippen molar-refractivity contribution in [3.63, 3.8) is 0 Å². The average Bonchev–Trinajstić information content (AvgIpc) is 3.05. The van der Waals surface area contributed by atoms with Crippen LogP contribution in [0.2, 0.25) is 0 Å². The van der Waals surface area contributed by atoms with Crippen LogP contribution in [0.5, 0.6) is 0 Å². The van der Waals surface area contributed by atoms with E-state index in [-0.39, 0.29) is 5.97 Å². The number of hydrogen-bond acceptors (Lipinski definition) is 4. The maximum atomic E-state index is 12.0. The lowest BCUT2D eigenvalue weighted by atomic mass is 9.71. The Morgan fingerprint density at radius 1 is 1.50 bits per heavy atom. The smallest absolute Gasteiger partial charge is 0.323 e. The van der Waals surface area contributed by atoms with Crippen LogP contribution in [0, 0.1) is 23.2 Å². The zero-order valence-electron chi connectivity index (χ0n) is 15.4. The van der Waals surface area contributed by atoms with E-state index in [1.807, 2.05) is 0 Å². The number of likely N-dealkylation sites (tertiary alicyclic amines) is 1. The highest BCUT2D eigenvalue weighted by Gasteiger charge is 2.40. The van der Waals surface area contributed by atoms with Crippen molar-refractivity contribution in [2.75, 3.05) is 20.2 Å². The highest BCUT2D eigenvalue weighted by Crippen LogP contribution is 2.45. The lowest BCUT2D eigenvalue weighted by Crippen LogP contribution is -2.48. The van der Waals surface area contributed by atoms with Crippen LogP contribution in [0.1, 0.15) is 36.8 Å². The quantitative estimate of drug-likeness (QED) is 0.859. The number of fused-ring (bicyclic) bond motifs is 2. The Labute approximate surface area is 153 Å². The number of nitriles is 1. The fourth-order valence-electron chi connectivity index (χ4n) is 5.00. The van der Waals surface area contributed by atoms with E-state index in [1.54, 1.807) is 6.92 Å². The van der Waals surface area contributed by atoms with Gasteiger partial charge in [0.2, 0.25) is 0 Å². The molecule has 5 nitrogen and oxygen atoms in total. The van der Waals surface area contributed by atoms with Gasteiger partial charge in [-0.1, -0.05) is 12.1 Å². The Balaban J connectivity index is 1.59. The molecular weight excluding hydrogens is 326 g/mol. The number of nitrogens with zero attached hydrogens (tertiary/aromatic N) is 2. The standard InChI is InChI=1S/C21H25N3O2/c1-3-26-21(25)14(10-22)7-13-8-17-16-5-4-6-18-20(16)15(11-23-18)9-19(17)24(2)12-13/h4-6,11,13-14,17,19,23H,3,7-9,12H2,1-2H3/t13?,14?,17-,19-/m1/s1. The average molecular weight is 351 g/mol. The van der Waals surface area contributed by atoms with E-state index in [4.69, 9.17) is 4.74 Å². The molecule has 0 saturated carbocycles. The number of likely N-dealkylation sites (N-methyl/N-ethyl adjacent to an activating group) is 1. The van der Waals surface area contributed by atoms with Crippen molar-refractivity contribution in [1.29, 1.82) is 5.26 Å². The van der Waals surface area contributed by atoms with Crippen molar-refractivity contribution in [3.8, 4) is 6.07 Å². The molecule has 2 unspecified atom stereocenters. The number of piperidine rings is 1. The van der Waals surface area contributed by atoms with Crippen molar-refractivity contribution < 1.29 is 9.53 Å². The normalized spacial score (nSPS) is 26.1. The van der Waals surface area contributed by atoms with Gasteiger partial charge in [-0.05, 0) is 56.3 Å². The van der Waals surface area contributed by atoms with E-state index in [9.17, 15) is 10.1 Å². The Morgan fingerprint density at radius 3 is 3.12 bits per heavy atom. The van der Waals surface area contributed by atoms with Crippen LogP contribution in [0.25, 0.3) is 10.9 Å². The molecule has 4 rings (SSSR count). The summed E-state index contributed by atoms with van der Waals surface area (Å²) in [4.78, 5) is 17.9. The van der Waals surface area contributed by atoms with Gasteiger partial charge >= 0.3 is 5.97 Å². The zero-order valence-corrected chi connectivity index (χ0v) is 15.4. The van der Waals surface area contributed by atoms with Crippen molar-refractivity contribution in [2.24, 2.45) is 11.8 Å². The molecule has 1 saturated heterocycles. The van der Waals surface area contributed by atoms with E-state index in [0.29, 0.717) is 30.9 Å². The lowest BCUT2D eigenvalue weighted by Gasteiger charge is -2.45. The number of hydrogen-bond donors (Lipinski definition) is 1. The largest absolute Gasteiger partial charge is 0.465 e. The van der Waals surface area contributed by atoms with Gasteiger partial charge in [0, 0.05) is 35.6 Å². The number of ether oxygens (including phenoxy) is 1. The number of nitrogens with one attached hydrogen (secondary N) is 1. The second-order valence-electron chi connectivity index (χ2n) is 7.67. The Hall–Kier alpha value is -2.32. The molecule has 0 radical (unpaired) electrons. The number of carbonyl (C=O) groups is 1. The first-order valence-corrected chi connectivity index (χ1v) is 9.47. The molecule has 2 aromatic rings. The van der Waals surface area contributed by atoms with Crippen molar-refractivity contribution in [1.82, 2.24) is 9.88 Å². The molecule has 0 spiro atoms. The molecule has 1 aliphatic heterocycles. The van der Waals surface area contributed by atoms with Crippen LogP contribution in [0.3, 0.4) is 0 Å². The van der Waals surface area contributed by atoms with E-state index in [0.717, 1.165) is 19.4 Å². The van der Waals surface area contributed by atoms with Gasteiger partial charge in [0.05, 0.1) is 12.7 Å². The number of esters is 1. The lowest BCUT2D eigenvalue weighted by molar-refractivity contribution is -0.146. The first-order valence-electron chi connectivity index (χ1n) is 9.47. The van der Waals surface area contributed by atoms with Gasteiger partial charge in [-0.2, -0.15) is 5.26 Å². The zero-order chi connectivity index (χ0) is 18.3. The molecule has 1 aromatic carbocycles. The summed E-state index contributed by atoms with van der Waals surface area (Å²) in [5, 5.41) is 10.8. The summed E-state index contributed by atoms with van der Waals surface area (Å²) in [5.74, 6) is -0.260. The summed E-state index contributed by atoms with van der Waals surface area (Å²) < 4.78 is 5.07. The molecule has 1 aromatic heterocycles. The third-order valence-corrected chi connectivity index (χ3v) is 6.11. The van der Waals surface area contributed by atoms with Crippen LogP contribution in [0.15, 0.2) is 24.4 Å². The van der Waals surface area contributed by atoms with Crippen LogP contribution >= 0.6 is 0 Å².